The lowest BCUT2D eigenvalue weighted by molar-refractivity contribution is 0.485. The zero-order chi connectivity index (χ0) is 19.0. The van der Waals surface area contributed by atoms with Crippen LogP contribution in [0.4, 0.5) is 0 Å². The molecule has 1 heterocycles. The van der Waals surface area contributed by atoms with Gasteiger partial charge in [-0.25, -0.2) is 4.79 Å². The molecule has 5 nitrogen and oxygen atoms in total. The second-order valence-electron chi connectivity index (χ2n) is 6.92. The van der Waals surface area contributed by atoms with Crippen LogP contribution in [0.1, 0.15) is 36.0 Å². The van der Waals surface area contributed by atoms with Crippen molar-refractivity contribution in [2.75, 3.05) is 0 Å². The molecule has 0 aliphatic heterocycles. The molecule has 1 aliphatic rings. The number of aryl methyl sites for hydroxylation is 2. The van der Waals surface area contributed by atoms with Crippen molar-refractivity contribution in [1.29, 1.82) is 0 Å². The quantitative estimate of drug-likeness (QED) is 0.385. The van der Waals surface area contributed by atoms with Gasteiger partial charge in [0.1, 0.15) is 16.2 Å². The molecule has 0 bridgehead atoms. The summed E-state index contributed by atoms with van der Waals surface area (Å²) in [5.41, 5.74) is 2.80. The zero-order valence-electron chi connectivity index (χ0n) is 15.0. The molecule has 0 fully saturated rings. The average Bonchev–Trinajstić information content (AvgIpc) is 2.89. The Bertz CT molecular complexity index is 1160. The molecule has 0 saturated heterocycles. The molecule has 2 aromatic carbocycles. The Morgan fingerprint density at radius 3 is 2.37 bits per heavy atom. The molecule has 0 spiro atoms. The van der Waals surface area contributed by atoms with Gasteiger partial charge in [-0.15, -0.1) is 0 Å². The molecular formula is C21H20O5S. The predicted octanol–water partition coefficient (Wildman–Crippen LogP) is 4.14. The van der Waals surface area contributed by atoms with Gasteiger partial charge in [-0.1, -0.05) is 24.1 Å². The summed E-state index contributed by atoms with van der Waals surface area (Å²) in [6.45, 7) is 1.89. The second-order valence-corrected chi connectivity index (χ2v) is 8.46. The minimum atomic E-state index is -3.93. The monoisotopic (exact) mass is 384 g/mol. The molecule has 0 atom stereocenters. The molecule has 3 aromatic rings. The summed E-state index contributed by atoms with van der Waals surface area (Å²) in [4.78, 5) is 12.4. The molecule has 0 unspecified atom stereocenters. The van der Waals surface area contributed by atoms with E-state index in [4.69, 9.17) is 8.60 Å². The Kier molecular flexibility index (Phi) is 4.52. The highest BCUT2D eigenvalue weighted by atomic mass is 32.2. The maximum Gasteiger partial charge on any atom is 0.339 e. The fourth-order valence-electron chi connectivity index (χ4n) is 3.53. The van der Waals surface area contributed by atoms with Crippen LogP contribution >= 0.6 is 0 Å². The summed E-state index contributed by atoms with van der Waals surface area (Å²) in [5.74, 6) is 0.211. The van der Waals surface area contributed by atoms with Gasteiger partial charge < -0.3 is 8.60 Å². The zero-order valence-corrected chi connectivity index (χ0v) is 15.8. The first kappa shape index (κ1) is 17.8. The van der Waals surface area contributed by atoms with Crippen LogP contribution in [0.5, 0.6) is 5.75 Å². The summed E-state index contributed by atoms with van der Waals surface area (Å²) in [6, 6.07) is 11.3. The van der Waals surface area contributed by atoms with E-state index < -0.39 is 10.1 Å². The van der Waals surface area contributed by atoms with Crippen molar-refractivity contribution in [2.24, 2.45) is 0 Å². The van der Waals surface area contributed by atoms with Crippen LogP contribution in [0.2, 0.25) is 0 Å². The molecule has 4 rings (SSSR count). The van der Waals surface area contributed by atoms with E-state index in [2.05, 4.69) is 0 Å². The van der Waals surface area contributed by atoms with Crippen LogP contribution in [-0.4, -0.2) is 8.42 Å². The third-order valence-corrected chi connectivity index (χ3v) is 6.22. The summed E-state index contributed by atoms with van der Waals surface area (Å²) in [5, 5.41) is 0.753. The van der Waals surface area contributed by atoms with E-state index in [1.54, 1.807) is 24.3 Å². The first-order valence-corrected chi connectivity index (χ1v) is 10.4. The lowest BCUT2D eigenvalue weighted by atomic mass is 10.0. The second kappa shape index (κ2) is 6.85. The summed E-state index contributed by atoms with van der Waals surface area (Å²) in [7, 11) is -3.93. The van der Waals surface area contributed by atoms with E-state index >= 15 is 0 Å². The van der Waals surface area contributed by atoms with Gasteiger partial charge in [-0.05, 0) is 68.5 Å². The fourth-order valence-corrected chi connectivity index (χ4v) is 4.45. The van der Waals surface area contributed by atoms with Gasteiger partial charge in [-0.2, -0.15) is 8.42 Å². The van der Waals surface area contributed by atoms with Crippen LogP contribution < -0.4 is 9.81 Å². The molecule has 0 amide bonds. The van der Waals surface area contributed by atoms with Gasteiger partial charge in [0.25, 0.3) is 0 Å². The predicted molar refractivity (Wildman–Crippen MR) is 103 cm³/mol. The molecule has 0 radical (unpaired) electrons. The Morgan fingerprint density at radius 2 is 1.63 bits per heavy atom. The third-order valence-electron chi connectivity index (χ3n) is 4.96. The highest BCUT2D eigenvalue weighted by Gasteiger charge is 2.20. The number of benzene rings is 2. The van der Waals surface area contributed by atoms with Crippen molar-refractivity contribution in [3.05, 3.63) is 69.6 Å². The number of fused-ring (bicyclic) bond motifs is 3. The van der Waals surface area contributed by atoms with Gasteiger partial charge in [0, 0.05) is 10.9 Å². The Balaban J connectivity index is 1.77. The molecule has 1 aromatic heterocycles. The van der Waals surface area contributed by atoms with Crippen LogP contribution in [0.15, 0.2) is 56.6 Å². The maximum atomic E-state index is 12.6. The average molecular weight is 384 g/mol. The van der Waals surface area contributed by atoms with Gasteiger partial charge in [0.15, 0.2) is 0 Å². The SMILES string of the molecule is Cc1ccc(S(=O)(=O)Oc2ccc3oc(=O)c4c(c3c2)CCCCC4)cc1. The van der Waals surface area contributed by atoms with Crippen molar-refractivity contribution in [3.8, 4) is 5.75 Å². The van der Waals surface area contributed by atoms with Gasteiger partial charge >= 0.3 is 15.7 Å². The minimum Gasteiger partial charge on any atom is -0.423 e. The van der Waals surface area contributed by atoms with Crippen LogP contribution in [0.3, 0.4) is 0 Å². The maximum absolute atomic E-state index is 12.6. The highest BCUT2D eigenvalue weighted by molar-refractivity contribution is 7.87. The van der Waals surface area contributed by atoms with E-state index in [0.29, 0.717) is 17.6 Å². The van der Waals surface area contributed by atoms with E-state index in [1.165, 1.54) is 18.2 Å². The molecular weight excluding hydrogens is 364 g/mol. The molecule has 140 valence electrons. The topological polar surface area (TPSA) is 73.6 Å². The summed E-state index contributed by atoms with van der Waals surface area (Å²) in [6.07, 6.45) is 4.50. The summed E-state index contributed by atoms with van der Waals surface area (Å²) < 4.78 is 35.9. The van der Waals surface area contributed by atoms with E-state index in [1.807, 2.05) is 6.92 Å². The first-order valence-electron chi connectivity index (χ1n) is 9.04. The minimum absolute atomic E-state index is 0.103. The largest absolute Gasteiger partial charge is 0.423 e. The number of hydrogen-bond donors (Lipinski definition) is 0. The van der Waals surface area contributed by atoms with Gasteiger partial charge in [0.2, 0.25) is 0 Å². The molecule has 0 N–H and O–H groups in total. The van der Waals surface area contributed by atoms with E-state index in [-0.39, 0.29) is 16.3 Å². The third kappa shape index (κ3) is 3.49. The summed E-state index contributed by atoms with van der Waals surface area (Å²) >= 11 is 0. The van der Waals surface area contributed by atoms with Crippen molar-refractivity contribution in [1.82, 2.24) is 0 Å². The lowest BCUT2D eigenvalue weighted by Crippen LogP contribution is -2.12. The lowest BCUT2D eigenvalue weighted by Gasteiger charge is -2.11. The van der Waals surface area contributed by atoms with Crippen molar-refractivity contribution < 1.29 is 17.0 Å². The van der Waals surface area contributed by atoms with Crippen molar-refractivity contribution >= 4 is 21.1 Å². The number of hydrogen-bond acceptors (Lipinski definition) is 5. The standard InChI is InChI=1S/C21H20O5S/c1-14-7-10-16(11-8-14)27(23,24)26-15-9-12-20-19(13-15)17-5-3-2-4-6-18(17)21(22)25-20/h7-13H,2-6H2,1H3. The van der Waals surface area contributed by atoms with Crippen molar-refractivity contribution in [2.45, 2.75) is 43.9 Å². The van der Waals surface area contributed by atoms with E-state index in [9.17, 15) is 13.2 Å². The molecule has 1 aliphatic carbocycles. The first-order chi connectivity index (χ1) is 12.9. The molecule has 27 heavy (non-hydrogen) atoms. The van der Waals surface area contributed by atoms with Gasteiger partial charge in [0.05, 0.1) is 0 Å². The molecule has 6 heteroatoms. The molecule has 0 saturated carbocycles. The Hall–Kier alpha value is -2.60. The number of rotatable bonds is 3. The smallest absolute Gasteiger partial charge is 0.339 e. The van der Waals surface area contributed by atoms with Crippen LogP contribution in [0, 0.1) is 6.92 Å². The van der Waals surface area contributed by atoms with Crippen molar-refractivity contribution in [3.63, 3.8) is 0 Å². The van der Waals surface area contributed by atoms with Gasteiger partial charge in [-0.3, -0.25) is 0 Å². The van der Waals surface area contributed by atoms with Crippen LogP contribution in [0.25, 0.3) is 11.0 Å². The Labute approximate surface area is 157 Å². The van der Waals surface area contributed by atoms with Crippen LogP contribution in [-0.2, 0) is 23.0 Å². The Morgan fingerprint density at radius 1 is 0.926 bits per heavy atom. The highest BCUT2D eigenvalue weighted by Crippen LogP contribution is 2.30. The van der Waals surface area contributed by atoms with E-state index in [0.717, 1.165) is 42.2 Å². The fraction of sp³-hybridized carbons (Fsp3) is 0.286. The normalized spacial score (nSPS) is 14.6.